The van der Waals surface area contributed by atoms with Crippen molar-refractivity contribution < 1.29 is 14.3 Å². The molecule has 1 aromatic rings. The molecule has 1 amide bonds. The summed E-state index contributed by atoms with van der Waals surface area (Å²) in [6.45, 7) is 0.886. The molecule has 6 heteroatoms. The molecule has 0 radical (unpaired) electrons. The number of amides is 1. The molecule has 1 aliphatic carbocycles. The summed E-state index contributed by atoms with van der Waals surface area (Å²) < 4.78 is 10.9. The highest BCUT2D eigenvalue weighted by Crippen LogP contribution is 2.35. The molecular weight excluding hydrogens is 280 g/mol. The number of rotatable bonds is 8. The van der Waals surface area contributed by atoms with Gasteiger partial charge in [-0.25, -0.2) is 0 Å². The molecular formula is C14H19ClN2O3. The summed E-state index contributed by atoms with van der Waals surface area (Å²) in [4.78, 5) is 10.8. The van der Waals surface area contributed by atoms with E-state index in [9.17, 15) is 4.79 Å². The van der Waals surface area contributed by atoms with E-state index in [0.717, 1.165) is 5.56 Å². The van der Waals surface area contributed by atoms with E-state index in [1.807, 2.05) is 6.07 Å². The second-order valence-corrected chi connectivity index (χ2v) is 5.25. The Morgan fingerprint density at radius 1 is 1.50 bits per heavy atom. The van der Waals surface area contributed by atoms with E-state index in [0.29, 0.717) is 29.1 Å². The number of carbonyl (C=O) groups excluding carboxylic acids is 1. The second kappa shape index (κ2) is 6.81. The summed E-state index contributed by atoms with van der Waals surface area (Å²) in [6, 6.07) is 4.12. The van der Waals surface area contributed by atoms with E-state index >= 15 is 0 Å². The Morgan fingerprint density at radius 3 is 2.85 bits per heavy atom. The van der Waals surface area contributed by atoms with Crippen molar-refractivity contribution >= 4 is 17.5 Å². The van der Waals surface area contributed by atoms with Crippen molar-refractivity contribution in [3.63, 3.8) is 0 Å². The lowest BCUT2D eigenvalue weighted by Gasteiger charge is -2.16. The van der Waals surface area contributed by atoms with Crippen LogP contribution < -0.4 is 20.5 Å². The third-order valence-electron chi connectivity index (χ3n) is 3.07. The molecule has 0 heterocycles. The van der Waals surface area contributed by atoms with Crippen LogP contribution in [0.3, 0.4) is 0 Å². The van der Waals surface area contributed by atoms with Gasteiger partial charge in [0.15, 0.2) is 11.5 Å². The molecule has 0 aromatic heterocycles. The van der Waals surface area contributed by atoms with Crippen molar-refractivity contribution in [3.05, 3.63) is 22.7 Å². The van der Waals surface area contributed by atoms with Crippen molar-refractivity contribution in [2.24, 2.45) is 5.73 Å². The van der Waals surface area contributed by atoms with Crippen LogP contribution in [0.15, 0.2) is 12.1 Å². The van der Waals surface area contributed by atoms with Crippen LogP contribution in [0.2, 0.25) is 5.02 Å². The number of carbonyl (C=O) groups is 1. The van der Waals surface area contributed by atoms with E-state index in [-0.39, 0.29) is 13.0 Å². The van der Waals surface area contributed by atoms with Crippen LogP contribution in [0.1, 0.15) is 24.8 Å². The topological polar surface area (TPSA) is 73.6 Å². The number of methoxy groups -OCH3 is 1. The largest absolute Gasteiger partial charge is 0.493 e. The maximum Gasteiger partial charge on any atom is 0.220 e. The lowest BCUT2D eigenvalue weighted by molar-refractivity contribution is -0.118. The Balaban J connectivity index is 2.12. The highest BCUT2D eigenvalue weighted by Gasteiger charge is 2.21. The monoisotopic (exact) mass is 298 g/mol. The molecule has 110 valence electrons. The van der Waals surface area contributed by atoms with E-state index in [1.54, 1.807) is 13.2 Å². The zero-order valence-corrected chi connectivity index (χ0v) is 12.2. The first kappa shape index (κ1) is 14.9. The average Bonchev–Trinajstić information content (AvgIpc) is 3.21. The van der Waals surface area contributed by atoms with Gasteiger partial charge in [0.1, 0.15) is 0 Å². The molecule has 1 fully saturated rings. The van der Waals surface area contributed by atoms with E-state index in [2.05, 4.69) is 5.32 Å². The Bertz CT molecular complexity index is 490. The molecule has 0 aliphatic heterocycles. The van der Waals surface area contributed by atoms with Crippen LogP contribution in [0.5, 0.6) is 11.5 Å². The highest BCUT2D eigenvalue weighted by atomic mass is 35.5. The van der Waals surface area contributed by atoms with Crippen molar-refractivity contribution in [1.29, 1.82) is 0 Å². The van der Waals surface area contributed by atoms with Crippen molar-refractivity contribution in [2.75, 3.05) is 13.7 Å². The van der Waals surface area contributed by atoms with Gasteiger partial charge in [0.05, 0.1) is 20.1 Å². The summed E-state index contributed by atoms with van der Waals surface area (Å²) in [5.74, 6) is 0.788. The first-order chi connectivity index (χ1) is 9.60. The van der Waals surface area contributed by atoms with Crippen LogP contribution in [0.4, 0.5) is 0 Å². The number of benzene rings is 1. The van der Waals surface area contributed by atoms with Gasteiger partial charge in [-0.3, -0.25) is 4.79 Å². The fourth-order valence-corrected chi connectivity index (χ4v) is 2.10. The summed E-state index contributed by atoms with van der Waals surface area (Å²) in [6.07, 6.45) is 2.58. The van der Waals surface area contributed by atoms with Crippen LogP contribution in [0.25, 0.3) is 0 Å². The van der Waals surface area contributed by atoms with Crippen molar-refractivity contribution in [1.82, 2.24) is 5.32 Å². The Kier molecular flexibility index (Phi) is 5.09. The maximum absolute atomic E-state index is 10.8. The van der Waals surface area contributed by atoms with E-state index in [4.69, 9.17) is 26.8 Å². The summed E-state index contributed by atoms with van der Waals surface area (Å²) in [5, 5.41) is 4.00. The first-order valence-corrected chi connectivity index (χ1v) is 6.99. The minimum atomic E-state index is -0.393. The third kappa shape index (κ3) is 4.28. The number of hydrogen-bond donors (Lipinski definition) is 2. The van der Waals surface area contributed by atoms with Gasteiger partial charge < -0.3 is 20.5 Å². The third-order valence-corrected chi connectivity index (χ3v) is 3.29. The zero-order chi connectivity index (χ0) is 14.5. The minimum absolute atomic E-state index is 0.168. The molecule has 0 spiro atoms. The Hall–Kier alpha value is -1.46. The van der Waals surface area contributed by atoms with Crippen molar-refractivity contribution in [3.8, 4) is 11.5 Å². The minimum Gasteiger partial charge on any atom is -0.493 e. The number of ether oxygens (including phenoxy) is 2. The SMILES string of the molecule is COc1cc(Cl)cc(CNC2CC2)c1OCCC(N)=O. The van der Waals surface area contributed by atoms with E-state index in [1.165, 1.54) is 12.8 Å². The normalized spacial score (nSPS) is 14.1. The molecule has 5 nitrogen and oxygen atoms in total. The summed E-state index contributed by atoms with van der Waals surface area (Å²) in [7, 11) is 1.56. The molecule has 0 saturated heterocycles. The fourth-order valence-electron chi connectivity index (χ4n) is 1.86. The van der Waals surface area contributed by atoms with Gasteiger partial charge in [-0.1, -0.05) is 11.6 Å². The van der Waals surface area contributed by atoms with Crippen molar-refractivity contribution in [2.45, 2.75) is 31.8 Å². The maximum atomic E-state index is 10.8. The smallest absolute Gasteiger partial charge is 0.220 e. The van der Waals surface area contributed by atoms with Gasteiger partial charge in [-0.15, -0.1) is 0 Å². The fraction of sp³-hybridized carbons (Fsp3) is 0.500. The van der Waals surface area contributed by atoms with Gasteiger partial charge in [0.2, 0.25) is 5.91 Å². The van der Waals surface area contributed by atoms with Crippen LogP contribution >= 0.6 is 11.6 Å². The van der Waals surface area contributed by atoms with Gasteiger partial charge >= 0.3 is 0 Å². The second-order valence-electron chi connectivity index (χ2n) is 4.82. The molecule has 20 heavy (non-hydrogen) atoms. The Labute approximate surface area is 123 Å². The molecule has 2 rings (SSSR count). The standard InChI is InChI=1S/C14H19ClN2O3/c1-19-12-7-10(15)6-9(8-17-11-2-3-11)14(12)20-5-4-13(16)18/h6-7,11,17H,2-5,8H2,1H3,(H2,16,18). The zero-order valence-electron chi connectivity index (χ0n) is 11.4. The van der Waals surface area contributed by atoms with Gasteiger partial charge in [0.25, 0.3) is 0 Å². The summed E-state index contributed by atoms with van der Waals surface area (Å²) >= 11 is 6.08. The Morgan fingerprint density at radius 2 is 2.25 bits per heavy atom. The van der Waals surface area contributed by atoms with Gasteiger partial charge in [0, 0.05) is 29.2 Å². The number of halogens is 1. The molecule has 1 aliphatic rings. The lowest BCUT2D eigenvalue weighted by Crippen LogP contribution is -2.18. The van der Waals surface area contributed by atoms with Gasteiger partial charge in [-0.05, 0) is 18.9 Å². The van der Waals surface area contributed by atoms with Crippen LogP contribution in [-0.2, 0) is 11.3 Å². The highest BCUT2D eigenvalue weighted by molar-refractivity contribution is 6.30. The first-order valence-electron chi connectivity index (χ1n) is 6.61. The molecule has 1 saturated carbocycles. The predicted octanol–water partition coefficient (Wildman–Crippen LogP) is 1.85. The number of hydrogen-bond acceptors (Lipinski definition) is 4. The molecule has 0 unspecified atom stereocenters. The quantitative estimate of drug-likeness (QED) is 0.768. The molecule has 0 bridgehead atoms. The van der Waals surface area contributed by atoms with Crippen LogP contribution in [-0.4, -0.2) is 25.7 Å². The van der Waals surface area contributed by atoms with Crippen LogP contribution in [0, 0.1) is 0 Å². The number of primary amides is 1. The van der Waals surface area contributed by atoms with E-state index < -0.39 is 5.91 Å². The number of nitrogens with one attached hydrogen (secondary N) is 1. The lowest BCUT2D eigenvalue weighted by atomic mass is 10.1. The average molecular weight is 299 g/mol. The molecule has 1 aromatic carbocycles. The molecule has 0 atom stereocenters. The predicted molar refractivity (Wildman–Crippen MR) is 77.2 cm³/mol. The number of nitrogens with two attached hydrogens (primary N) is 1. The van der Waals surface area contributed by atoms with Gasteiger partial charge in [-0.2, -0.15) is 0 Å². The summed E-state index contributed by atoms with van der Waals surface area (Å²) in [5.41, 5.74) is 6.03. The molecule has 3 N–H and O–H groups in total.